The summed E-state index contributed by atoms with van der Waals surface area (Å²) < 4.78 is 36.0. The number of carbonyl (C=O) groups is 5. The summed E-state index contributed by atoms with van der Waals surface area (Å²) in [7, 11) is 5.93. The zero-order valence-corrected chi connectivity index (χ0v) is 22.9. The van der Waals surface area contributed by atoms with Crippen molar-refractivity contribution in [3.05, 3.63) is 0 Å². The molecule has 0 rings (SSSR count). The van der Waals surface area contributed by atoms with Gasteiger partial charge in [0.1, 0.15) is 25.4 Å². The molecule has 0 heterocycles. The van der Waals surface area contributed by atoms with E-state index in [1.165, 1.54) is 21.3 Å². The standard InChI is InChI=1S/C8H14O4.C7H12O4.C5H10O4.C3H8O.10CH4/c1-3-7(9)4-5-12-8(10)6-11-2;1-3-11-7(9)4-6(8)5-10-2;1-3-8-5(6)9-4-7-2;1-3-4-2;;;;;;;;;;/h3-6H2,1-2H3;3-5H2,1-2H3;3-4H2,1-2H3;3H2,1-2H3;10*1H4. The van der Waals surface area contributed by atoms with Crippen molar-refractivity contribution in [2.75, 3.05) is 74.9 Å². The molecule has 0 unspecified atom stereocenters. The van der Waals surface area contributed by atoms with E-state index in [1.54, 1.807) is 27.9 Å². The Kier molecular flexibility index (Phi) is 154. The Balaban J connectivity index is -0.0000000239. The molecule has 0 N–H and O–H groups in total. The van der Waals surface area contributed by atoms with Crippen molar-refractivity contribution in [2.45, 2.75) is 121 Å². The molecule has 46 heavy (non-hydrogen) atoms. The van der Waals surface area contributed by atoms with Gasteiger partial charge in [-0.2, -0.15) is 0 Å². The number of Topliss-reactive ketones (excluding diaryl/α,β-unsaturated/α-hetero) is 2. The second-order valence-electron chi connectivity index (χ2n) is 6.06. The van der Waals surface area contributed by atoms with Gasteiger partial charge in [0.25, 0.3) is 0 Å². The molecule has 0 aromatic carbocycles. The maximum absolute atomic E-state index is 10.7. The summed E-state index contributed by atoms with van der Waals surface area (Å²) in [6.45, 7) is 8.60. The first-order chi connectivity index (χ1) is 17.1. The minimum Gasteiger partial charge on any atom is -0.466 e. The Bertz CT molecular complexity index is 538. The summed E-state index contributed by atoms with van der Waals surface area (Å²) in [5.74, 6) is -1.08. The molecule has 0 fully saturated rings. The first-order valence-corrected chi connectivity index (χ1v) is 11.2. The summed E-state index contributed by atoms with van der Waals surface area (Å²) in [6, 6.07) is 0. The molecule has 0 amide bonds. The SMILES string of the molecule is C.C.C.C.C.C.C.C.C.C.CCC(=O)CCOC(=O)COC.CCOC.CCOC(=O)CC(=O)COC.CCOC(=O)OCOC. The van der Waals surface area contributed by atoms with Crippen molar-refractivity contribution in [3.63, 3.8) is 0 Å². The van der Waals surface area contributed by atoms with Crippen LogP contribution in [0.15, 0.2) is 0 Å². The predicted molar refractivity (Wildman–Crippen MR) is 196 cm³/mol. The van der Waals surface area contributed by atoms with E-state index in [0.717, 1.165) is 6.61 Å². The molecule has 0 spiro atoms. The molecule has 0 saturated carbocycles. The van der Waals surface area contributed by atoms with Crippen molar-refractivity contribution in [1.82, 2.24) is 0 Å². The summed E-state index contributed by atoms with van der Waals surface area (Å²) in [4.78, 5) is 53.0. The number of methoxy groups -OCH3 is 4. The van der Waals surface area contributed by atoms with Crippen LogP contribution in [0, 0.1) is 0 Å². The van der Waals surface area contributed by atoms with Crippen LogP contribution in [0.1, 0.15) is 121 Å². The zero-order chi connectivity index (χ0) is 28.6. The predicted octanol–water partition coefficient (Wildman–Crippen LogP) is 8.48. The van der Waals surface area contributed by atoms with E-state index < -0.39 is 18.1 Å². The van der Waals surface area contributed by atoms with Gasteiger partial charge in [0.2, 0.25) is 0 Å². The highest BCUT2D eigenvalue weighted by atomic mass is 16.8. The van der Waals surface area contributed by atoms with Crippen molar-refractivity contribution in [3.8, 4) is 0 Å². The Labute approximate surface area is 287 Å². The third-order valence-electron chi connectivity index (χ3n) is 3.10. The number of hydrogen-bond donors (Lipinski definition) is 0. The third-order valence-corrected chi connectivity index (χ3v) is 3.10. The average molecular weight is 689 g/mol. The lowest BCUT2D eigenvalue weighted by Gasteiger charge is -2.01. The molecule has 0 aliphatic heterocycles. The monoisotopic (exact) mass is 689 g/mol. The lowest BCUT2D eigenvalue weighted by atomic mass is 10.2. The van der Waals surface area contributed by atoms with Gasteiger partial charge in [0, 0.05) is 47.9 Å². The van der Waals surface area contributed by atoms with Crippen molar-refractivity contribution in [2.24, 2.45) is 0 Å². The van der Waals surface area contributed by atoms with E-state index in [1.807, 2.05) is 6.92 Å². The Hall–Kier alpha value is -2.61. The zero-order valence-electron chi connectivity index (χ0n) is 22.9. The van der Waals surface area contributed by atoms with E-state index in [9.17, 15) is 24.0 Å². The first kappa shape index (κ1) is 90.3. The fourth-order valence-electron chi connectivity index (χ4n) is 1.47. The van der Waals surface area contributed by atoms with E-state index in [0.29, 0.717) is 26.1 Å². The number of ether oxygens (including phenoxy) is 8. The van der Waals surface area contributed by atoms with Gasteiger partial charge in [-0.15, -0.1) is 0 Å². The number of ketones is 2. The van der Waals surface area contributed by atoms with Crippen LogP contribution in [0.5, 0.6) is 0 Å². The molecule has 0 aliphatic carbocycles. The van der Waals surface area contributed by atoms with Crippen LogP contribution in [0.3, 0.4) is 0 Å². The van der Waals surface area contributed by atoms with E-state index in [2.05, 4.69) is 37.9 Å². The van der Waals surface area contributed by atoms with Gasteiger partial charge in [-0.3, -0.25) is 14.4 Å². The van der Waals surface area contributed by atoms with Gasteiger partial charge < -0.3 is 37.9 Å². The highest BCUT2D eigenvalue weighted by Gasteiger charge is 2.08. The lowest BCUT2D eigenvalue weighted by molar-refractivity contribution is -0.149. The second-order valence-corrected chi connectivity index (χ2v) is 6.06. The van der Waals surface area contributed by atoms with Gasteiger partial charge in [-0.05, 0) is 20.8 Å². The van der Waals surface area contributed by atoms with Crippen LogP contribution in [0.25, 0.3) is 0 Å². The quantitative estimate of drug-likeness (QED) is 0.0698. The molecule has 0 radical (unpaired) electrons. The molecule has 13 nitrogen and oxygen atoms in total. The van der Waals surface area contributed by atoms with E-state index >= 15 is 0 Å². The van der Waals surface area contributed by atoms with Crippen LogP contribution >= 0.6 is 0 Å². The highest BCUT2D eigenvalue weighted by molar-refractivity contribution is 5.96. The smallest absolute Gasteiger partial charge is 0.466 e. The molecular formula is C33H84O13. The molecule has 13 heteroatoms. The van der Waals surface area contributed by atoms with Crippen LogP contribution < -0.4 is 0 Å². The molecule has 0 saturated heterocycles. The number of hydrogen-bond acceptors (Lipinski definition) is 13. The summed E-state index contributed by atoms with van der Waals surface area (Å²) in [6.07, 6.45) is -0.102. The first-order valence-electron chi connectivity index (χ1n) is 11.2. The summed E-state index contributed by atoms with van der Waals surface area (Å²) in [5.41, 5.74) is 0. The third kappa shape index (κ3) is 97.0. The molecule has 0 bridgehead atoms. The number of carbonyl (C=O) groups excluding carboxylic acids is 5. The molecule has 0 aliphatic rings. The van der Waals surface area contributed by atoms with Gasteiger partial charge >= 0.3 is 18.1 Å². The molecule has 294 valence electrons. The van der Waals surface area contributed by atoms with Gasteiger partial charge in [0.05, 0.1) is 19.8 Å². The maximum atomic E-state index is 10.7. The van der Waals surface area contributed by atoms with Crippen LogP contribution in [-0.2, 0) is 57.1 Å². The number of esters is 2. The highest BCUT2D eigenvalue weighted by Crippen LogP contribution is 1.90. The van der Waals surface area contributed by atoms with E-state index in [-0.39, 0.29) is 119 Å². The van der Waals surface area contributed by atoms with Gasteiger partial charge in [-0.1, -0.05) is 81.2 Å². The maximum Gasteiger partial charge on any atom is 0.510 e. The Morgan fingerprint density at radius 2 is 0.891 bits per heavy atom. The van der Waals surface area contributed by atoms with Crippen molar-refractivity contribution >= 4 is 29.7 Å². The summed E-state index contributed by atoms with van der Waals surface area (Å²) in [5, 5.41) is 0. The van der Waals surface area contributed by atoms with Gasteiger partial charge in [0.15, 0.2) is 12.6 Å². The normalized spacial score (nSPS) is 7.04. The second kappa shape index (κ2) is 78.6. The topological polar surface area (TPSA) is 159 Å². The fourth-order valence-corrected chi connectivity index (χ4v) is 1.47. The van der Waals surface area contributed by atoms with Crippen LogP contribution in [0.4, 0.5) is 4.79 Å². The average Bonchev–Trinajstić information content (AvgIpc) is 2.84. The lowest BCUT2D eigenvalue weighted by Crippen LogP contribution is -2.14. The van der Waals surface area contributed by atoms with Gasteiger partial charge in [-0.25, -0.2) is 9.59 Å². The molecule has 0 aromatic rings. The van der Waals surface area contributed by atoms with Crippen LogP contribution in [0.2, 0.25) is 0 Å². The molecule has 0 atom stereocenters. The Morgan fingerprint density at radius 1 is 0.457 bits per heavy atom. The fraction of sp³-hybridized carbons (Fsp3) is 0.848. The molecular weight excluding hydrogens is 604 g/mol. The van der Waals surface area contributed by atoms with E-state index in [4.69, 9.17) is 0 Å². The van der Waals surface area contributed by atoms with Crippen molar-refractivity contribution < 1.29 is 61.9 Å². The largest absolute Gasteiger partial charge is 0.510 e. The molecule has 0 aromatic heterocycles. The summed E-state index contributed by atoms with van der Waals surface area (Å²) >= 11 is 0. The van der Waals surface area contributed by atoms with Crippen LogP contribution in [-0.4, -0.2) is 105 Å². The Morgan fingerprint density at radius 3 is 1.22 bits per heavy atom. The minimum atomic E-state index is -0.695. The number of rotatable bonds is 15. The minimum absolute atomic E-state index is 0. The van der Waals surface area contributed by atoms with Crippen molar-refractivity contribution in [1.29, 1.82) is 0 Å².